The van der Waals surface area contributed by atoms with Crippen LogP contribution in [0, 0.1) is 0 Å². The van der Waals surface area contributed by atoms with Crippen LogP contribution in [0.5, 0.6) is 0 Å². The van der Waals surface area contributed by atoms with Gasteiger partial charge in [0.1, 0.15) is 27.6 Å². The van der Waals surface area contributed by atoms with Crippen LogP contribution in [0.15, 0.2) is 52.6 Å². The zero-order valence-electron chi connectivity index (χ0n) is 17.3. The van der Waals surface area contributed by atoms with Gasteiger partial charge in [0, 0.05) is 12.4 Å². The molecule has 32 heavy (non-hydrogen) atoms. The number of amidine groups is 1. The summed E-state index contributed by atoms with van der Waals surface area (Å²) in [5, 5.41) is 2.26. The summed E-state index contributed by atoms with van der Waals surface area (Å²) in [4.78, 5) is 24.0. The van der Waals surface area contributed by atoms with E-state index < -0.39 is 43.5 Å². The predicted octanol–water partition coefficient (Wildman–Crippen LogP) is 2.55. The second kappa shape index (κ2) is 8.81. The summed E-state index contributed by atoms with van der Waals surface area (Å²) >= 11 is 0. The minimum absolute atomic E-state index is 0.120. The van der Waals surface area contributed by atoms with Gasteiger partial charge in [0.25, 0.3) is 5.91 Å². The lowest BCUT2D eigenvalue weighted by Gasteiger charge is -2.35. The van der Waals surface area contributed by atoms with Crippen LogP contribution in [0.1, 0.15) is 36.8 Å². The van der Waals surface area contributed by atoms with E-state index in [0.717, 1.165) is 24.4 Å². The van der Waals surface area contributed by atoms with Crippen molar-refractivity contribution < 1.29 is 30.8 Å². The SMILES string of the molecule is CC1(C)C(N)=N[C@](C)(/C=N/C(=C\C=C\F)NC(=O)c2ccc(C(F)(F)F)cn2)CS1(=O)=O. The normalized spacial score (nSPS) is 23.3. The number of allylic oxidation sites excluding steroid dienone is 2. The van der Waals surface area contributed by atoms with E-state index in [4.69, 9.17) is 5.73 Å². The summed E-state index contributed by atoms with van der Waals surface area (Å²) in [6, 6.07) is 1.55. The van der Waals surface area contributed by atoms with Gasteiger partial charge < -0.3 is 11.1 Å². The van der Waals surface area contributed by atoms with Crippen molar-refractivity contribution in [2.24, 2.45) is 15.7 Å². The molecule has 0 fully saturated rings. The van der Waals surface area contributed by atoms with Gasteiger partial charge in [-0.3, -0.25) is 14.8 Å². The van der Waals surface area contributed by atoms with Crippen LogP contribution in [0.4, 0.5) is 17.6 Å². The third-order valence-corrected chi connectivity index (χ3v) is 7.35. The number of rotatable bonds is 5. The van der Waals surface area contributed by atoms with Gasteiger partial charge in [0.15, 0.2) is 9.84 Å². The molecule has 0 saturated carbocycles. The number of aromatic nitrogens is 1. The first kappa shape index (κ1) is 25.2. The van der Waals surface area contributed by atoms with Crippen molar-refractivity contribution in [2.45, 2.75) is 37.2 Å². The Morgan fingerprint density at radius 2 is 1.94 bits per heavy atom. The first-order chi connectivity index (χ1) is 14.6. The zero-order chi connectivity index (χ0) is 24.4. The average molecular weight is 475 g/mol. The fraction of sp³-hybridized carbons (Fsp3) is 0.368. The van der Waals surface area contributed by atoms with Crippen molar-refractivity contribution in [3.05, 3.63) is 53.9 Å². The van der Waals surface area contributed by atoms with Crippen molar-refractivity contribution in [3.63, 3.8) is 0 Å². The molecule has 1 aromatic rings. The average Bonchev–Trinajstić information content (AvgIpc) is 2.67. The van der Waals surface area contributed by atoms with E-state index in [-0.39, 0.29) is 23.7 Å². The number of nitrogens with one attached hydrogen (secondary N) is 1. The fourth-order valence-corrected chi connectivity index (χ4v) is 4.20. The number of halogens is 4. The first-order valence-electron chi connectivity index (χ1n) is 9.06. The highest BCUT2D eigenvalue weighted by Gasteiger charge is 2.47. The molecule has 0 unspecified atom stereocenters. The van der Waals surface area contributed by atoms with Crippen molar-refractivity contribution in [1.29, 1.82) is 0 Å². The number of nitrogens with zero attached hydrogens (tertiary/aromatic N) is 3. The molecule has 0 radical (unpaired) electrons. The molecule has 1 aromatic heterocycles. The quantitative estimate of drug-likeness (QED) is 0.384. The molecule has 174 valence electrons. The summed E-state index contributed by atoms with van der Waals surface area (Å²) < 4.78 is 74.1. The lowest BCUT2D eigenvalue weighted by Crippen LogP contribution is -2.56. The second-order valence-corrected chi connectivity index (χ2v) is 10.2. The Morgan fingerprint density at radius 3 is 2.44 bits per heavy atom. The molecule has 2 heterocycles. The van der Waals surface area contributed by atoms with E-state index in [2.05, 4.69) is 20.3 Å². The monoisotopic (exact) mass is 475 g/mol. The summed E-state index contributed by atoms with van der Waals surface area (Å²) in [6.45, 7) is 4.30. The van der Waals surface area contributed by atoms with Crippen LogP contribution < -0.4 is 11.1 Å². The Balaban J connectivity index is 2.29. The molecular weight excluding hydrogens is 454 g/mol. The predicted molar refractivity (Wildman–Crippen MR) is 111 cm³/mol. The van der Waals surface area contributed by atoms with Gasteiger partial charge in [-0.15, -0.1) is 0 Å². The molecule has 0 spiro atoms. The molecule has 3 N–H and O–H groups in total. The maximum Gasteiger partial charge on any atom is 0.417 e. The van der Waals surface area contributed by atoms with Crippen LogP contribution in [-0.4, -0.2) is 47.4 Å². The molecule has 2 rings (SSSR count). The van der Waals surface area contributed by atoms with E-state index in [1.54, 1.807) is 0 Å². The van der Waals surface area contributed by atoms with Gasteiger partial charge in [-0.1, -0.05) is 0 Å². The second-order valence-electron chi connectivity index (χ2n) is 7.64. The molecule has 8 nitrogen and oxygen atoms in total. The number of pyridine rings is 1. The van der Waals surface area contributed by atoms with Crippen molar-refractivity contribution in [3.8, 4) is 0 Å². The maximum atomic E-state index is 12.6. The Morgan fingerprint density at radius 1 is 1.28 bits per heavy atom. The number of aliphatic imine (C=N–C) groups is 2. The highest BCUT2D eigenvalue weighted by Crippen LogP contribution is 2.29. The Labute approximate surface area is 182 Å². The molecule has 1 aliphatic heterocycles. The van der Waals surface area contributed by atoms with Crippen molar-refractivity contribution >= 4 is 27.8 Å². The lowest BCUT2D eigenvalue weighted by molar-refractivity contribution is -0.137. The molecule has 0 bridgehead atoms. The smallest absolute Gasteiger partial charge is 0.386 e. The molecular formula is C19H21F4N5O3S. The molecule has 0 aliphatic carbocycles. The molecule has 1 atom stereocenters. The number of amides is 1. The Hall–Kier alpha value is -3.09. The summed E-state index contributed by atoms with van der Waals surface area (Å²) in [6.07, 6.45) is -0.884. The van der Waals surface area contributed by atoms with Gasteiger partial charge in [-0.2, -0.15) is 13.2 Å². The summed E-state index contributed by atoms with van der Waals surface area (Å²) in [5.74, 6) is -1.69. The third-order valence-electron chi connectivity index (χ3n) is 4.63. The Kier molecular flexibility index (Phi) is 6.93. The Bertz CT molecular complexity index is 1110. The third kappa shape index (κ3) is 5.58. The lowest BCUT2D eigenvalue weighted by atomic mass is 10.1. The number of alkyl halides is 3. The van der Waals surface area contributed by atoms with E-state index in [9.17, 15) is 30.8 Å². The van der Waals surface area contributed by atoms with Crippen LogP contribution in [-0.2, 0) is 16.0 Å². The summed E-state index contributed by atoms with van der Waals surface area (Å²) in [7, 11) is -3.69. The van der Waals surface area contributed by atoms with Crippen LogP contribution >= 0.6 is 0 Å². The minimum Gasteiger partial charge on any atom is -0.386 e. The van der Waals surface area contributed by atoms with E-state index in [1.807, 2.05) is 0 Å². The van der Waals surface area contributed by atoms with Crippen LogP contribution in [0.2, 0.25) is 0 Å². The highest BCUT2D eigenvalue weighted by molar-refractivity contribution is 7.93. The number of carbonyl (C=O) groups excluding carboxylic acids is 1. The van der Waals surface area contributed by atoms with Gasteiger partial charge in [0.2, 0.25) is 0 Å². The van der Waals surface area contributed by atoms with Crippen molar-refractivity contribution in [1.82, 2.24) is 10.3 Å². The maximum absolute atomic E-state index is 12.6. The van der Waals surface area contributed by atoms with Gasteiger partial charge in [0.05, 0.1) is 17.6 Å². The van der Waals surface area contributed by atoms with Crippen molar-refractivity contribution in [2.75, 3.05) is 5.75 Å². The number of hydrogen-bond acceptors (Lipinski definition) is 7. The fourth-order valence-electron chi connectivity index (χ4n) is 2.56. The highest BCUT2D eigenvalue weighted by atomic mass is 32.2. The first-order valence-corrected chi connectivity index (χ1v) is 10.7. The van der Waals surface area contributed by atoms with E-state index in [1.165, 1.54) is 20.8 Å². The van der Waals surface area contributed by atoms with Crippen LogP contribution in [0.25, 0.3) is 0 Å². The molecule has 1 aliphatic rings. The topological polar surface area (TPSA) is 127 Å². The molecule has 0 saturated heterocycles. The molecule has 1 amide bonds. The van der Waals surface area contributed by atoms with E-state index >= 15 is 0 Å². The van der Waals surface area contributed by atoms with Gasteiger partial charge in [-0.05, 0) is 45.1 Å². The van der Waals surface area contributed by atoms with Gasteiger partial charge >= 0.3 is 6.18 Å². The molecule has 0 aromatic carbocycles. The zero-order valence-corrected chi connectivity index (χ0v) is 18.1. The standard InChI is InChI=1S/C19H21F4N5O3S/c1-17(2)16(24)28-18(3,11-32(17,30)31)10-26-14(5-4-8-20)27-15(29)13-7-6-12(9-25-13)19(21,22)23/h4-10H,11H2,1-3H3,(H2,24,28)(H,27,29)/b8-4+,14-5+,26-10+/t18-/m1/s1. The number of nitrogens with two attached hydrogens (primary N) is 1. The van der Waals surface area contributed by atoms with Crippen LogP contribution in [0.3, 0.4) is 0 Å². The number of carbonyl (C=O) groups is 1. The minimum atomic E-state index is -4.62. The molecule has 13 heteroatoms. The summed E-state index contributed by atoms with van der Waals surface area (Å²) in [5.41, 5.74) is 3.08. The largest absolute Gasteiger partial charge is 0.417 e. The number of hydrogen-bond donors (Lipinski definition) is 2. The van der Waals surface area contributed by atoms with Gasteiger partial charge in [-0.25, -0.2) is 17.8 Å². The number of sulfone groups is 1. The van der Waals surface area contributed by atoms with E-state index in [0.29, 0.717) is 12.3 Å².